The molecule has 2 rings (SSSR count). The van der Waals surface area contributed by atoms with Gasteiger partial charge in [0.1, 0.15) is 9.84 Å². The van der Waals surface area contributed by atoms with Gasteiger partial charge in [-0.2, -0.15) is 0 Å². The summed E-state index contributed by atoms with van der Waals surface area (Å²) in [6, 6.07) is 0.189. The van der Waals surface area contributed by atoms with Crippen molar-refractivity contribution >= 4 is 21.4 Å². The van der Waals surface area contributed by atoms with E-state index in [1.165, 1.54) is 17.8 Å². The van der Waals surface area contributed by atoms with Crippen molar-refractivity contribution in [3.05, 3.63) is 11.1 Å². The Morgan fingerprint density at radius 2 is 2.32 bits per heavy atom. The molecular formula is C12H21N3O2S2. The number of rotatable bonds is 5. The van der Waals surface area contributed by atoms with Crippen LogP contribution in [0.1, 0.15) is 43.5 Å². The van der Waals surface area contributed by atoms with Crippen molar-refractivity contribution in [2.24, 2.45) is 5.92 Å². The van der Waals surface area contributed by atoms with Gasteiger partial charge in [0, 0.05) is 12.3 Å². The maximum atomic E-state index is 11.8. The Kier molecular flexibility index (Phi) is 4.92. The van der Waals surface area contributed by atoms with E-state index in [-0.39, 0.29) is 11.3 Å². The molecule has 1 heterocycles. The highest BCUT2D eigenvalue weighted by molar-refractivity contribution is 7.91. The summed E-state index contributed by atoms with van der Waals surface area (Å²) in [7, 11) is -2.93. The maximum absolute atomic E-state index is 11.8. The molecule has 0 amide bonds. The number of hydrogen-bond acceptors (Lipinski definition) is 6. The molecule has 0 spiro atoms. The Bertz CT molecular complexity index is 487. The van der Waals surface area contributed by atoms with E-state index in [2.05, 4.69) is 21.8 Å². The molecule has 1 aliphatic rings. The fraction of sp³-hybridized carbons (Fsp3) is 0.833. The van der Waals surface area contributed by atoms with E-state index in [0.717, 1.165) is 37.1 Å². The van der Waals surface area contributed by atoms with Gasteiger partial charge in [0.2, 0.25) is 0 Å². The minimum absolute atomic E-state index is 0.187. The van der Waals surface area contributed by atoms with Crippen molar-refractivity contribution in [1.82, 2.24) is 14.9 Å². The van der Waals surface area contributed by atoms with Crippen LogP contribution < -0.4 is 5.32 Å². The third kappa shape index (κ3) is 3.73. The SMILES string of the molecule is CCNC(c1cnns1)C1CCCC(S(C)(=O)=O)C1. The lowest BCUT2D eigenvalue weighted by molar-refractivity contribution is 0.278. The van der Waals surface area contributed by atoms with Crippen LogP contribution in [0.4, 0.5) is 0 Å². The Morgan fingerprint density at radius 3 is 2.89 bits per heavy atom. The van der Waals surface area contributed by atoms with Crippen molar-refractivity contribution in [3.8, 4) is 0 Å². The van der Waals surface area contributed by atoms with Gasteiger partial charge in [0.05, 0.1) is 16.3 Å². The zero-order valence-corrected chi connectivity index (χ0v) is 13.0. The largest absolute Gasteiger partial charge is 0.309 e. The van der Waals surface area contributed by atoms with Crippen molar-refractivity contribution in [2.45, 2.75) is 43.9 Å². The zero-order valence-electron chi connectivity index (χ0n) is 11.4. The fourth-order valence-electron chi connectivity index (χ4n) is 2.90. The van der Waals surface area contributed by atoms with Gasteiger partial charge in [-0.25, -0.2) is 8.42 Å². The number of nitrogens with zero attached hydrogens (tertiary/aromatic N) is 2. The molecule has 1 aromatic rings. The standard InChI is InChI=1S/C12H21N3O2S2/c1-3-13-12(11-8-14-15-18-11)9-5-4-6-10(7-9)19(2,16)17/h8-10,12-13H,3-7H2,1-2H3. The second-order valence-corrected chi connectivity index (χ2v) is 8.38. The van der Waals surface area contributed by atoms with Crippen LogP contribution in [-0.4, -0.2) is 36.1 Å². The van der Waals surface area contributed by atoms with Gasteiger partial charge in [-0.3, -0.25) is 0 Å². The van der Waals surface area contributed by atoms with E-state index in [9.17, 15) is 8.42 Å². The molecule has 0 bridgehead atoms. The predicted molar refractivity (Wildman–Crippen MR) is 76.9 cm³/mol. The highest BCUT2D eigenvalue weighted by atomic mass is 32.2. The van der Waals surface area contributed by atoms with E-state index in [4.69, 9.17) is 0 Å². The first-order valence-electron chi connectivity index (χ1n) is 6.72. The molecule has 108 valence electrons. The predicted octanol–water partition coefficient (Wildman–Crippen LogP) is 1.79. The Labute approximate surface area is 118 Å². The van der Waals surface area contributed by atoms with Gasteiger partial charge in [0.15, 0.2) is 0 Å². The molecule has 1 aromatic heterocycles. The Morgan fingerprint density at radius 1 is 1.53 bits per heavy atom. The monoisotopic (exact) mass is 303 g/mol. The molecule has 0 aliphatic heterocycles. The van der Waals surface area contributed by atoms with Gasteiger partial charge < -0.3 is 5.32 Å². The summed E-state index contributed by atoms with van der Waals surface area (Å²) >= 11 is 1.40. The highest BCUT2D eigenvalue weighted by Gasteiger charge is 2.34. The molecule has 1 aliphatic carbocycles. The van der Waals surface area contributed by atoms with E-state index in [1.807, 2.05) is 0 Å². The summed E-state index contributed by atoms with van der Waals surface area (Å²) in [5.41, 5.74) is 0. The van der Waals surface area contributed by atoms with Gasteiger partial charge in [0.25, 0.3) is 0 Å². The van der Waals surface area contributed by atoms with Crippen LogP contribution in [0.15, 0.2) is 6.20 Å². The molecule has 1 fully saturated rings. The first kappa shape index (κ1) is 14.9. The summed E-state index contributed by atoms with van der Waals surface area (Å²) in [5.74, 6) is 0.357. The van der Waals surface area contributed by atoms with Crippen molar-refractivity contribution in [3.63, 3.8) is 0 Å². The maximum Gasteiger partial charge on any atom is 0.150 e. The van der Waals surface area contributed by atoms with Crippen LogP contribution in [0.2, 0.25) is 0 Å². The normalized spacial score (nSPS) is 26.2. The van der Waals surface area contributed by atoms with Crippen LogP contribution in [-0.2, 0) is 9.84 Å². The van der Waals surface area contributed by atoms with Gasteiger partial charge in [-0.1, -0.05) is 17.8 Å². The molecule has 19 heavy (non-hydrogen) atoms. The molecule has 1 N–H and O–H groups in total. The topological polar surface area (TPSA) is 72.0 Å². The van der Waals surface area contributed by atoms with Crippen molar-refractivity contribution in [1.29, 1.82) is 0 Å². The molecule has 0 radical (unpaired) electrons. The van der Waals surface area contributed by atoms with Gasteiger partial charge in [-0.05, 0) is 43.3 Å². The summed E-state index contributed by atoms with van der Waals surface area (Å²) < 4.78 is 27.4. The molecule has 1 saturated carbocycles. The second-order valence-electron chi connectivity index (χ2n) is 5.23. The summed E-state index contributed by atoms with van der Waals surface area (Å²) in [6.07, 6.45) is 6.75. The fourth-order valence-corrected chi connectivity index (χ4v) is 4.77. The molecule has 5 nitrogen and oxygen atoms in total. The van der Waals surface area contributed by atoms with Gasteiger partial charge in [-0.15, -0.1) is 5.10 Å². The van der Waals surface area contributed by atoms with E-state index >= 15 is 0 Å². The number of nitrogens with one attached hydrogen (secondary N) is 1. The summed E-state index contributed by atoms with van der Waals surface area (Å²) in [6.45, 7) is 2.93. The van der Waals surface area contributed by atoms with E-state index < -0.39 is 9.84 Å². The molecule has 3 unspecified atom stereocenters. The third-order valence-electron chi connectivity index (χ3n) is 3.85. The lowest BCUT2D eigenvalue weighted by atomic mass is 9.83. The van der Waals surface area contributed by atoms with E-state index in [1.54, 1.807) is 6.20 Å². The summed E-state index contributed by atoms with van der Waals surface area (Å²) in [5, 5.41) is 7.17. The average Bonchev–Trinajstić information content (AvgIpc) is 2.88. The number of aromatic nitrogens is 2. The third-order valence-corrected chi connectivity index (χ3v) is 6.24. The number of sulfone groups is 1. The molecule has 0 aromatic carbocycles. The minimum atomic E-state index is -2.93. The van der Waals surface area contributed by atoms with Crippen LogP contribution in [0.3, 0.4) is 0 Å². The average molecular weight is 303 g/mol. The quantitative estimate of drug-likeness (QED) is 0.898. The Hall–Kier alpha value is -0.530. The van der Waals surface area contributed by atoms with Crippen molar-refractivity contribution in [2.75, 3.05) is 12.8 Å². The molecular weight excluding hydrogens is 282 g/mol. The first-order valence-corrected chi connectivity index (χ1v) is 9.44. The van der Waals surface area contributed by atoms with Crippen LogP contribution >= 0.6 is 11.5 Å². The van der Waals surface area contributed by atoms with Crippen molar-refractivity contribution < 1.29 is 8.42 Å². The Balaban J connectivity index is 2.13. The van der Waals surface area contributed by atoms with Gasteiger partial charge >= 0.3 is 0 Å². The van der Waals surface area contributed by atoms with Crippen LogP contribution in [0.5, 0.6) is 0 Å². The first-order chi connectivity index (χ1) is 9.02. The lowest BCUT2D eigenvalue weighted by Crippen LogP contribution is -2.35. The molecule has 0 saturated heterocycles. The second kappa shape index (κ2) is 6.28. The molecule has 7 heteroatoms. The minimum Gasteiger partial charge on any atom is -0.309 e. The molecule has 3 atom stereocenters. The smallest absolute Gasteiger partial charge is 0.150 e. The summed E-state index contributed by atoms with van der Waals surface area (Å²) in [4.78, 5) is 1.11. The van der Waals surface area contributed by atoms with Crippen LogP contribution in [0, 0.1) is 5.92 Å². The lowest BCUT2D eigenvalue weighted by Gasteiger charge is -2.33. The zero-order chi connectivity index (χ0) is 13.9. The highest BCUT2D eigenvalue weighted by Crippen LogP contribution is 2.37. The number of hydrogen-bond donors (Lipinski definition) is 1. The van der Waals surface area contributed by atoms with E-state index in [0.29, 0.717) is 5.92 Å². The van der Waals surface area contributed by atoms with Crippen LogP contribution in [0.25, 0.3) is 0 Å².